The molecule has 26 heavy (non-hydrogen) atoms. The molecule has 1 unspecified atom stereocenters. The second-order valence-electron chi connectivity index (χ2n) is 7.87. The lowest BCUT2D eigenvalue weighted by Gasteiger charge is -2.41. The Bertz CT molecular complexity index is 519. The average molecular weight is 364 g/mol. The van der Waals surface area contributed by atoms with Crippen molar-refractivity contribution in [2.45, 2.75) is 57.4 Å². The van der Waals surface area contributed by atoms with E-state index in [0.29, 0.717) is 38.5 Å². The molecule has 3 rings (SSSR count). The Balaban J connectivity index is 1.39. The predicted molar refractivity (Wildman–Crippen MR) is 98.4 cm³/mol. The fourth-order valence-corrected chi connectivity index (χ4v) is 4.45. The number of hydrogen-bond donors (Lipinski definition) is 2. The minimum absolute atomic E-state index is 0.0175. The first kappa shape index (κ1) is 19.1. The third-order valence-electron chi connectivity index (χ3n) is 6.01. The smallest absolute Gasteiger partial charge is 0.242 e. The SMILES string of the molecule is O=C(CCC1CCCC1)NCC(=O)N1CCCC(N2CCNCC2=O)C1. The van der Waals surface area contributed by atoms with E-state index < -0.39 is 0 Å². The van der Waals surface area contributed by atoms with Gasteiger partial charge >= 0.3 is 0 Å². The predicted octanol–water partition coefficient (Wildman–Crippen LogP) is 0.496. The van der Waals surface area contributed by atoms with E-state index in [1.54, 1.807) is 4.90 Å². The van der Waals surface area contributed by atoms with Crippen molar-refractivity contribution in [1.29, 1.82) is 0 Å². The number of piperidine rings is 1. The number of nitrogens with zero attached hydrogens (tertiary/aromatic N) is 2. The number of amides is 3. The molecule has 1 saturated carbocycles. The van der Waals surface area contributed by atoms with Gasteiger partial charge in [-0.15, -0.1) is 0 Å². The summed E-state index contributed by atoms with van der Waals surface area (Å²) >= 11 is 0. The molecule has 3 amide bonds. The number of piperazine rings is 1. The van der Waals surface area contributed by atoms with Crippen LogP contribution in [0.4, 0.5) is 0 Å². The maximum atomic E-state index is 12.5. The normalized spacial score (nSPS) is 24.8. The Labute approximate surface area is 155 Å². The molecule has 0 bridgehead atoms. The van der Waals surface area contributed by atoms with Gasteiger partial charge in [0, 0.05) is 38.6 Å². The molecule has 2 saturated heterocycles. The lowest BCUT2D eigenvalue weighted by molar-refractivity contribution is -0.140. The van der Waals surface area contributed by atoms with E-state index in [-0.39, 0.29) is 30.3 Å². The molecule has 2 N–H and O–H groups in total. The van der Waals surface area contributed by atoms with Gasteiger partial charge in [0.05, 0.1) is 13.1 Å². The van der Waals surface area contributed by atoms with Crippen molar-refractivity contribution in [1.82, 2.24) is 20.4 Å². The van der Waals surface area contributed by atoms with Gasteiger partial charge in [0.15, 0.2) is 0 Å². The van der Waals surface area contributed by atoms with Crippen LogP contribution in [0.3, 0.4) is 0 Å². The molecule has 1 aliphatic carbocycles. The Hall–Kier alpha value is -1.63. The molecular weight excluding hydrogens is 332 g/mol. The van der Waals surface area contributed by atoms with E-state index in [9.17, 15) is 14.4 Å². The number of carbonyl (C=O) groups is 3. The molecule has 0 aromatic carbocycles. The Morgan fingerprint density at radius 1 is 1.12 bits per heavy atom. The zero-order valence-electron chi connectivity index (χ0n) is 15.7. The monoisotopic (exact) mass is 364 g/mol. The van der Waals surface area contributed by atoms with Crippen molar-refractivity contribution in [2.24, 2.45) is 5.92 Å². The molecule has 0 radical (unpaired) electrons. The second-order valence-corrected chi connectivity index (χ2v) is 7.87. The summed E-state index contributed by atoms with van der Waals surface area (Å²) in [7, 11) is 0. The summed E-state index contributed by atoms with van der Waals surface area (Å²) in [6.07, 6.45) is 8.38. The van der Waals surface area contributed by atoms with E-state index in [0.717, 1.165) is 25.8 Å². The third kappa shape index (κ3) is 5.19. The topological polar surface area (TPSA) is 81.8 Å². The first-order valence-corrected chi connectivity index (χ1v) is 10.2. The van der Waals surface area contributed by atoms with Gasteiger partial charge in [-0.25, -0.2) is 0 Å². The number of hydrogen-bond acceptors (Lipinski definition) is 4. The minimum atomic E-state index is -0.0356. The van der Waals surface area contributed by atoms with Gasteiger partial charge in [0.25, 0.3) is 0 Å². The Morgan fingerprint density at radius 2 is 1.92 bits per heavy atom. The molecule has 3 fully saturated rings. The molecule has 3 aliphatic rings. The molecule has 2 aliphatic heterocycles. The van der Waals surface area contributed by atoms with Crippen LogP contribution >= 0.6 is 0 Å². The maximum Gasteiger partial charge on any atom is 0.242 e. The number of nitrogens with one attached hydrogen (secondary N) is 2. The van der Waals surface area contributed by atoms with Gasteiger partial charge in [-0.3, -0.25) is 14.4 Å². The van der Waals surface area contributed by atoms with Crippen molar-refractivity contribution in [3.8, 4) is 0 Å². The van der Waals surface area contributed by atoms with Crippen LogP contribution in [0.25, 0.3) is 0 Å². The molecule has 7 nitrogen and oxygen atoms in total. The minimum Gasteiger partial charge on any atom is -0.347 e. The van der Waals surface area contributed by atoms with E-state index in [1.807, 2.05) is 4.90 Å². The zero-order valence-corrected chi connectivity index (χ0v) is 15.7. The van der Waals surface area contributed by atoms with Crippen LogP contribution in [-0.2, 0) is 14.4 Å². The van der Waals surface area contributed by atoms with E-state index in [4.69, 9.17) is 0 Å². The summed E-state index contributed by atoms with van der Waals surface area (Å²) < 4.78 is 0. The quantitative estimate of drug-likeness (QED) is 0.719. The van der Waals surface area contributed by atoms with Crippen LogP contribution in [0.1, 0.15) is 51.4 Å². The van der Waals surface area contributed by atoms with Crippen molar-refractivity contribution in [3.63, 3.8) is 0 Å². The highest BCUT2D eigenvalue weighted by Gasteiger charge is 2.31. The molecule has 2 heterocycles. The van der Waals surface area contributed by atoms with Crippen molar-refractivity contribution >= 4 is 17.7 Å². The summed E-state index contributed by atoms with van der Waals surface area (Å²) in [4.78, 5) is 40.3. The van der Waals surface area contributed by atoms with E-state index in [1.165, 1.54) is 25.7 Å². The van der Waals surface area contributed by atoms with Crippen molar-refractivity contribution in [3.05, 3.63) is 0 Å². The van der Waals surface area contributed by atoms with E-state index >= 15 is 0 Å². The Morgan fingerprint density at radius 3 is 2.69 bits per heavy atom. The summed E-state index contributed by atoms with van der Waals surface area (Å²) in [5.41, 5.74) is 0. The van der Waals surface area contributed by atoms with Gasteiger partial charge in [0.2, 0.25) is 17.7 Å². The standard InChI is InChI=1S/C19H32N4O3/c24-17(8-7-15-4-1-2-5-15)21-13-18(25)22-10-3-6-16(14-22)23-11-9-20-12-19(23)26/h15-16,20H,1-14H2,(H,21,24). The molecule has 0 aromatic heterocycles. The number of carbonyl (C=O) groups excluding carboxylic acids is 3. The van der Waals surface area contributed by atoms with Crippen LogP contribution in [0.2, 0.25) is 0 Å². The maximum absolute atomic E-state index is 12.5. The largest absolute Gasteiger partial charge is 0.347 e. The highest BCUT2D eigenvalue weighted by atomic mass is 16.2. The molecule has 0 spiro atoms. The Kier molecular flexibility index (Phi) is 6.88. The average Bonchev–Trinajstić information content (AvgIpc) is 3.18. The molecular formula is C19H32N4O3. The summed E-state index contributed by atoms with van der Waals surface area (Å²) in [5, 5.41) is 5.87. The highest BCUT2D eigenvalue weighted by molar-refractivity contribution is 5.85. The molecule has 0 aromatic rings. The fraction of sp³-hybridized carbons (Fsp3) is 0.842. The van der Waals surface area contributed by atoms with Crippen LogP contribution in [0, 0.1) is 5.92 Å². The summed E-state index contributed by atoms with van der Waals surface area (Å²) in [6.45, 7) is 3.29. The van der Waals surface area contributed by atoms with E-state index in [2.05, 4.69) is 10.6 Å². The molecule has 1 atom stereocenters. The van der Waals surface area contributed by atoms with Gasteiger partial charge in [0.1, 0.15) is 0 Å². The molecule has 7 heteroatoms. The number of rotatable bonds is 6. The fourth-order valence-electron chi connectivity index (χ4n) is 4.45. The van der Waals surface area contributed by atoms with Gasteiger partial charge in [-0.2, -0.15) is 0 Å². The van der Waals surface area contributed by atoms with Crippen molar-refractivity contribution in [2.75, 3.05) is 39.3 Å². The van der Waals surface area contributed by atoms with Crippen LogP contribution < -0.4 is 10.6 Å². The second kappa shape index (κ2) is 9.35. The highest BCUT2D eigenvalue weighted by Crippen LogP contribution is 2.28. The summed E-state index contributed by atoms with van der Waals surface area (Å²) in [5.74, 6) is 0.759. The van der Waals surface area contributed by atoms with Gasteiger partial charge in [-0.05, 0) is 25.2 Å². The van der Waals surface area contributed by atoms with Gasteiger partial charge < -0.3 is 20.4 Å². The zero-order chi connectivity index (χ0) is 18.4. The van der Waals surface area contributed by atoms with Crippen LogP contribution in [0.5, 0.6) is 0 Å². The van der Waals surface area contributed by atoms with Crippen LogP contribution in [-0.4, -0.2) is 72.8 Å². The van der Waals surface area contributed by atoms with Crippen molar-refractivity contribution < 1.29 is 14.4 Å². The first-order valence-electron chi connectivity index (χ1n) is 10.2. The number of likely N-dealkylation sites (tertiary alicyclic amines) is 1. The lowest BCUT2D eigenvalue weighted by atomic mass is 10.0. The lowest BCUT2D eigenvalue weighted by Crippen LogP contribution is -2.58. The van der Waals surface area contributed by atoms with Gasteiger partial charge in [-0.1, -0.05) is 25.7 Å². The van der Waals surface area contributed by atoms with Crippen LogP contribution in [0.15, 0.2) is 0 Å². The summed E-state index contributed by atoms with van der Waals surface area (Å²) in [6, 6.07) is 0.111. The molecule has 146 valence electrons. The first-order chi connectivity index (χ1) is 12.6. The third-order valence-corrected chi connectivity index (χ3v) is 6.01.